The molecule has 2 heterocycles. The van der Waals surface area contributed by atoms with Crippen molar-refractivity contribution >= 4 is 17.7 Å². The minimum absolute atomic E-state index is 0.0883. The number of halogens is 1. The van der Waals surface area contributed by atoms with E-state index in [0.717, 1.165) is 55.3 Å². The number of carbonyl (C=O) groups excluding carboxylic acids is 3. The van der Waals surface area contributed by atoms with Crippen LogP contribution in [0.3, 0.4) is 0 Å². The van der Waals surface area contributed by atoms with Gasteiger partial charge in [0, 0.05) is 36.3 Å². The van der Waals surface area contributed by atoms with Crippen LogP contribution in [-0.2, 0) is 9.59 Å². The summed E-state index contributed by atoms with van der Waals surface area (Å²) < 4.78 is 14.7. The lowest BCUT2D eigenvalue weighted by molar-refractivity contribution is -0.126. The zero-order chi connectivity index (χ0) is 28.8. The zero-order valence-electron chi connectivity index (χ0n) is 22.8. The van der Waals surface area contributed by atoms with Gasteiger partial charge >= 0.3 is 0 Å². The van der Waals surface area contributed by atoms with E-state index < -0.39 is 5.54 Å². The lowest BCUT2D eigenvalue weighted by Crippen LogP contribution is -2.49. The van der Waals surface area contributed by atoms with Gasteiger partial charge in [0.25, 0.3) is 5.91 Å². The van der Waals surface area contributed by atoms with E-state index in [-0.39, 0.29) is 36.0 Å². The van der Waals surface area contributed by atoms with Gasteiger partial charge in [-0.15, -0.1) is 0 Å². The second-order valence-corrected chi connectivity index (χ2v) is 10.8. The molecule has 0 unspecified atom stereocenters. The van der Waals surface area contributed by atoms with Crippen molar-refractivity contribution in [1.82, 2.24) is 25.3 Å². The molecule has 3 amide bonds. The first-order valence-corrected chi connectivity index (χ1v) is 14.1. The van der Waals surface area contributed by atoms with Gasteiger partial charge in [0.1, 0.15) is 11.4 Å². The van der Waals surface area contributed by atoms with Gasteiger partial charge in [0.15, 0.2) is 0 Å². The number of nitrogens with zero attached hydrogens (tertiary/aromatic N) is 4. The van der Waals surface area contributed by atoms with Crippen LogP contribution in [0.4, 0.5) is 4.39 Å². The zero-order valence-corrected chi connectivity index (χ0v) is 22.8. The smallest absolute Gasteiger partial charge is 0.254 e. The fourth-order valence-electron chi connectivity index (χ4n) is 5.10. The Kier molecular flexibility index (Phi) is 8.43. The van der Waals surface area contributed by atoms with Crippen LogP contribution in [0.1, 0.15) is 55.3 Å². The Morgan fingerprint density at radius 1 is 1.02 bits per heavy atom. The number of rotatable bonds is 5. The highest BCUT2D eigenvalue weighted by atomic mass is 19.1. The normalized spacial score (nSPS) is 17.9. The molecule has 1 saturated heterocycles. The quantitative estimate of drug-likeness (QED) is 0.493. The molecule has 3 aromatic rings. The van der Waals surface area contributed by atoms with Crippen LogP contribution in [0.5, 0.6) is 0 Å². The molecule has 3 fully saturated rings. The SMILES string of the molecule is N#CC1(NC(=O)C2CCCCC2)CC1.O=C1CN(C(=O)c2ccc(-c3cnn(-c4ccc(F)cc4)c3)cc2)CCN1. The topological polar surface area (TPSA) is 120 Å². The third-order valence-corrected chi connectivity index (χ3v) is 7.77. The number of nitrogens with one attached hydrogen (secondary N) is 2. The van der Waals surface area contributed by atoms with Crippen LogP contribution in [0.25, 0.3) is 16.8 Å². The summed E-state index contributed by atoms with van der Waals surface area (Å²) in [6, 6.07) is 15.5. The maximum Gasteiger partial charge on any atom is 0.254 e. The Balaban J connectivity index is 0.000000202. The van der Waals surface area contributed by atoms with Crippen molar-refractivity contribution in [2.75, 3.05) is 19.6 Å². The minimum atomic E-state index is -0.478. The Bertz CT molecular complexity index is 1430. The van der Waals surface area contributed by atoms with Gasteiger partial charge in [-0.1, -0.05) is 31.4 Å². The Morgan fingerprint density at radius 2 is 1.73 bits per heavy atom. The molecule has 1 aromatic heterocycles. The maximum atomic E-state index is 13.0. The van der Waals surface area contributed by atoms with E-state index in [2.05, 4.69) is 21.8 Å². The minimum Gasteiger partial charge on any atom is -0.353 e. The molecule has 0 radical (unpaired) electrons. The summed E-state index contributed by atoms with van der Waals surface area (Å²) in [5.74, 6) is -0.297. The first-order valence-electron chi connectivity index (χ1n) is 14.1. The molecule has 6 rings (SSSR count). The van der Waals surface area contributed by atoms with Gasteiger partial charge in [-0.25, -0.2) is 9.07 Å². The number of amides is 3. The molecule has 1 aliphatic heterocycles. The van der Waals surface area contributed by atoms with Gasteiger partial charge in [-0.3, -0.25) is 14.4 Å². The average Bonchev–Trinajstić information content (AvgIpc) is 3.61. The third-order valence-electron chi connectivity index (χ3n) is 7.77. The second-order valence-electron chi connectivity index (χ2n) is 10.8. The summed E-state index contributed by atoms with van der Waals surface area (Å²) in [7, 11) is 0. The van der Waals surface area contributed by atoms with Crippen molar-refractivity contribution in [1.29, 1.82) is 5.26 Å². The average molecular weight is 557 g/mol. The van der Waals surface area contributed by atoms with Crippen molar-refractivity contribution in [3.8, 4) is 22.9 Å². The molecule has 3 aliphatic rings. The summed E-state index contributed by atoms with van der Waals surface area (Å²) in [4.78, 5) is 37.3. The standard InChI is InChI=1S/C20H17FN4O2.C11H16N2O/c21-17-5-7-18(8-6-17)25-12-16(11-23-25)14-1-3-15(4-2-14)20(27)24-10-9-22-19(26)13-24;12-8-11(6-7-11)13-10(14)9-4-2-1-3-5-9/h1-8,11-12H,9-10,13H2,(H,22,26);9H,1-7H2,(H,13,14). The predicted molar refractivity (Wildman–Crippen MR) is 150 cm³/mol. The molecule has 2 N–H and O–H groups in total. The largest absolute Gasteiger partial charge is 0.353 e. The van der Waals surface area contributed by atoms with Gasteiger partial charge < -0.3 is 15.5 Å². The monoisotopic (exact) mass is 556 g/mol. The van der Waals surface area contributed by atoms with Crippen LogP contribution in [0.2, 0.25) is 0 Å². The third kappa shape index (κ3) is 6.98. The molecule has 10 heteroatoms. The summed E-state index contributed by atoms with van der Waals surface area (Å²) in [5.41, 5.74) is 2.62. The van der Waals surface area contributed by atoms with Crippen molar-refractivity contribution in [3.63, 3.8) is 0 Å². The highest BCUT2D eigenvalue weighted by Gasteiger charge is 2.45. The van der Waals surface area contributed by atoms with E-state index in [4.69, 9.17) is 5.26 Å². The molecule has 9 nitrogen and oxygen atoms in total. The lowest BCUT2D eigenvalue weighted by Gasteiger charge is -2.26. The number of benzene rings is 2. The molecular weight excluding hydrogens is 523 g/mol. The summed E-state index contributed by atoms with van der Waals surface area (Å²) in [5, 5.41) is 18.7. The first-order chi connectivity index (χ1) is 19.9. The summed E-state index contributed by atoms with van der Waals surface area (Å²) >= 11 is 0. The molecule has 2 saturated carbocycles. The number of nitriles is 1. The van der Waals surface area contributed by atoms with Gasteiger partial charge in [-0.05, 0) is 67.6 Å². The first kappa shape index (κ1) is 28.0. The number of aromatic nitrogens is 2. The van der Waals surface area contributed by atoms with Crippen LogP contribution in [-0.4, -0.2) is 57.6 Å². The van der Waals surface area contributed by atoms with Crippen molar-refractivity contribution in [2.45, 2.75) is 50.5 Å². The van der Waals surface area contributed by atoms with Crippen LogP contribution < -0.4 is 10.6 Å². The van der Waals surface area contributed by atoms with Gasteiger partial charge in [0.05, 0.1) is 24.5 Å². The van der Waals surface area contributed by atoms with E-state index in [0.29, 0.717) is 18.7 Å². The van der Waals surface area contributed by atoms with Crippen molar-refractivity contribution in [3.05, 3.63) is 72.3 Å². The summed E-state index contributed by atoms with van der Waals surface area (Å²) in [6.45, 7) is 1.08. The number of hydrogen-bond donors (Lipinski definition) is 2. The van der Waals surface area contributed by atoms with E-state index in [1.54, 1.807) is 40.0 Å². The summed E-state index contributed by atoms with van der Waals surface area (Å²) in [6.07, 6.45) is 10.8. The van der Waals surface area contributed by atoms with Crippen molar-refractivity contribution in [2.24, 2.45) is 5.92 Å². The van der Waals surface area contributed by atoms with Gasteiger partial charge in [0.2, 0.25) is 11.8 Å². The number of carbonyl (C=O) groups is 3. The highest BCUT2D eigenvalue weighted by Crippen LogP contribution is 2.35. The molecule has 0 bridgehead atoms. The lowest BCUT2D eigenvalue weighted by atomic mass is 9.88. The Morgan fingerprint density at radius 3 is 2.37 bits per heavy atom. The van der Waals surface area contributed by atoms with E-state index >= 15 is 0 Å². The maximum absolute atomic E-state index is 13.0. The van der Waals surface area contributed by atoms with Crippen LogP contribution >= 0.6 is 0 Å². The van der Waals surface area contributed by atoms with E-state index in [1.807, 2.05) is 18.3 Å². The molecule has 41 heavy (non-hydrogen) atoms. The number of piperazine rings is 1. The van der Waals surface area contributed by atoms with Gasteiger partial charge in [-0.2, -0.15) is 10.4 Å². The fraction of sp³-hybridized carbons (Fsp3) is 0.387. The van der Waals surface area contributed by atoms with Crippen LogP contribution in [0.15, 0.2) is 60.9 Å². The Labute approximate surface area is 238 Å². The molecular formula is C31H33FN6O3. The van der Waals surface area contributed by atoms with E-state index in [9.17, 15) is 18.8 Å². The molecule has 2 aliphatic carbocycles. The highest BCUT2D eigenvalue weighted by molar-refractivity contribution is 5.97. The fourth-order valence-corrected chi connectivity index (χ4v) is 5.10. The predicted octanol–water partition coefficient (Wildman–Crippen LogP) is 3.99. The van der Waals surface area contributed by atoms with E-state index in [1.165, 1.54) is 18.6 Å². The second kappa shape index (κ2) is 12.3. The van der Waals surface area contributed by atoms with Crippen molar-refractivity contribution < 1.29 is 18.8 Å². The molecule has 212 valence electrons. The molecule has 0 spiro atoms. The van der Waals surface area contributed by atoms with Crippen LogP contribution in [0, 0.1) is 23.1 Å². The number of hydrogen-bond acceptors (Lipinski definition) is 5. The molecule has 0 atom stereocenters. The Hall–Kier alpha value is -4.52. The molecule has 2 aromatic carbocycles.